The monoisotopic (exact) mass is 317 g/mol. The van der Waals surface area contributed by atoms with Gasteiger partial charge in [-0.05, 0) is 6.42 Å². The minimum atomic E-state index is -0.141. The molecule has 0 amide bonds. The Morgan fingerprint density at radius 3 is 1.82 bits per heavy atom. The summed E-state index contributed by atoms with van der Waals surface area (Å²) in [5, 5.41) is 1.93. The molecule has 0 saturated carbocycles. The van der Waals surface area contributed by atoms with Gasteiger partial charge in [0.2, 0.25) is 0 Å². The van der Waals surface area contributed by atoms with Crippen molar-refractivity contribution in [1.82, 2.24) is 5.06 Å². The van der Waals surface area contributed by atoms with Crippen molar-refractivity contribution in [3.63, 3.8) is 0 Å². The van der Waals surface area contributed by atoms with Gasteiger partial charge in [0.15, 0.2) is 0 Å². The van der Waals surface area contributed by atoms with Gasteiger partial charge in [0.1, 0.15) is 12.2 Å². The van der Waals surface area contributed by atoms with E-state index in [2.05, 4.69) is 13.5 Å². The quantitative estimate of drug-likeness (QED) is 0.540. The topological polar surface area (TPSA) is 49.4 Å². The van der Waals surface area contributed by atoms with Gasteiger partial charge >= 0.3 is 0 Å². The number of hydrogen-bond acceptors (Lipinski definition) is 6. The largest absolute Gasteiger partial charge is 0.383 e. The summed E-state index contributed by atoms with van der Waals surface area (Å²) in [4.78, 5) is 6.19. The van der Waals surface area contributed by atoms with E-state index >= 15 is 0 Å². The predicted molar refractivity (Wildman–Crippen MR) is 84.7 cm³/mol. The maximum absolute atomic E-state index is 6.19. The summed E-state index contributed by atoms with van der Waals surface area (Å²) in [5.74, 6) is 0. The van der Waals surface area contributed by atoms with Gasteiger partial charge in [0.25, 0.3) is 0 Å². The molecule has 0 bridgehead atoms. The molecule has 0 spiro atoms. The molecule has 6 nitrogen and oxygen atoms in total. The van der Waals surface area contributed by atoms with Crippen molar-refractivity contribution < 1.29 is 23.8 Å². The first-order valence-corrected chi connectivity index (χ1v) is 7.79. The Morgan fingerprint density at radius 2 is 1.50 bits per heavy atom. The Kier molecular flexibility index (Phi) is 9.16. The molecule has 130 valence electrons. The van der Waals surface area contributed by atoms with Gasteiger partial charge in [-0.2, -0.15) is 5.06 Å². The number of ether oxygens (including phenoxy) is 4. The zero-order chi connectivity index (χ0) is 16.5. The summed E-state index contributed by atoms with van der Waals surface area (Å²) in [7, 11) is 6.72. The maximum atomic E-state index is 6.19. The lowest BCUT2D eigenvalue weighted by atomic mass is 10.1. The van der Waals surface area contributed by atoms with E-state index in [4.69, 9.17) is 23.8 Å². The van der Waals surface area contributed by atoms with Gasteiger partial charge in [-0.1, -0.05) is 19.4 Å². The number of nitrogens with zero attached hydrogens (tertiary/aromatic N) is 1. The molecule has 1 saturated heterocycles. The van der Waals surface area contributed by atoms with Crippen LogP contribution in [0.25, 0.3) is 0 Å². The molecule has 1 fully saturated rings. The average molecular weight is 317 g/mol. The number of hydrogen-bond donors (Lipinski definition) is 0. The fourth-order valence-corrected chi connectivity index (χ4v) is 3.04. The van der Waals surface area contributed by atoms with Crippen molar-refractivity contribution in [2.45, 2.75) is 50.2 Å². The van der Waals surface area contributed by atoms with Crippen molar-refractivity contribution in [2.75, 3.05) is 41.7 Å². The van der Waals surface area contributed by atoms with Crippen LogP contribution in [0.3, 0.4) is 0 Å². The second-order valence-corrected chi connectivity index (χ2v) is 5.47. The molecule has 1 aliphatic heterocycles. The molecule has 0 aromatic heterocycles. The van der Waals surface area contributed by atoms with Gasteiger partial charge in [-0.25, -0.2) is 0 Å². The van der Waals surface area contributed by atoms with Crippen LogP contribution in [0.5, 0.6) is 0 Å². The summed E-state index contributed by atoms with van der Waals surface area (Å²) >= 11 is 0. The number of hydroxylamine groups is 2. The lowest BCUT2D eigenvalue weighted by Crippen LogP contribution is -2.45. The summed E-state index contributed by atoms with van der Waals surface area (Å²) in [6, 6.07) is -0.112. The lowest BCUT2D eigenvalue weighted by Gasteiger charge is -2.32. The van der Waals surface area contributed by atoms with Crippen LogP contribution in [0.2, 0.25) is 0 Å². The third kappa shape index (κ3) is 4.50. The average Bonchev–Trinajstić information content (AvgIpc) is 2.80. The zero-order valence-electron chi connectivity index (χ0n) is 14.5. The van der Waals surface area contributed by atoms with Crippen molar-refractivity contribution in [2.24, 2.45) is 0 Å². The Bertz CT molecular complexity index is 295. The summed E-state index contributed by atoms with van der Waals surface area (Å²) < 4.78 is 22.0. The SMILES string of the molecule is C=CC(CCC)ON1[C@@H](COC)[C@@H](OC)[C@H](OC)[C@@H]1COC. The lowest BCUT2D eigenvalue weighted by molar-refractivity contribution is -0.237. The Hall–Kier alpha value is -0.500. The third-order valence-electron chi connectivity index (χ3n) is 4.05. The minimum Gasteiger partial charge on any atom is -0.383 e. The Balaban J connectivity index is 2.99. The van der Waals surface area contributed by atoms with E-state index in [0.717, 1.165) is 12.8 Å². The van der Waals surface area contributed by atoms with E-state index in [1.54, 1.807) is 28.4 Å². The fourth-order valence-electron chi connectivity index (χ4n) is 3.04. The van der Waals surface area contributed by atoms with Gasteiger partial charge in [-0.15, -0.1) is 6.58 Å². The Morgan fingerprint density at radius 1 is 1.00 bits per heavy atom. The van der Waals surface area contributed by atoms with Gasteiger partial charge in [-0.3, -0.25) is 4.84 Å². The Labute approximate surface area is 134 Å². The molecule has 0 aromatic carbocycles. The molecule has 1 heterocycles. The molecular weight excluding hydrogens is 286 g/mol. The molecule has 0 N–H and O–H groups in total. The zero-order valence-corrected chi connectivity index (χ0v) is 14.5. The molecule has 0 radical (unpaired) electrons. The second-order valence-electron chi connectivity index (χ2n) is 5.47. The molecule has 5 atom stereocenters. The van der Waals surface area contributed by atoms with Crippen LogP contribution in [0.4, 0.5) is 0 Å². The van der Waals surface area contributed by atoms with Gasteiger partial charge in [0.05, 0.1) is 31.4 Å². The fraction of sp³-hybridized carbons (Fsp3) is 0.875. The van der Waals surface area contributed by atoms with Crippen LogP contribution in [0.15, 0.2) is 12.7 Å². The third-order valence-corrected chi connectivity index (χ3v) is 4.05. The van der Waals surface area contributed by atoms with Crippen LogP contribution < -0.4 is 0 Å². The van der Waals surface area contributed by atoms with E-state index in [0.29, 0.717) is 13.2 Å². The summed E-state index contributed by atoms with van der Waals surface area (Å²) in [6.07, 6.45) is 3.44. The van der Waals surface area contributed by atoms with Crippen LogP contribution >= 0.6 is 0 Å². The normalized spacial score (nSPS) is 30.6. The smallest absolute Gasteiger partial charge is 0.105 e. The number of methoxy groups -OCH3 is 4. The van der Waals surface area contributed by atoms with Crippen LogP contribution in [0, 0.1) is 0 Å². The highest BCUT2D eigenvalue weighted by atomic mass is 16.7. The van der Waals surface area contributed by atoms with Crippen molar-refractivity contribution in [3.05, 3.63) is 12.7 Å². The van der Waals surface area contributed by atoms with Crippen LogP contribution in [0.1, 0.15) is 19.8 Å². The first-order valence-electron chi connectivity index (χ1n) is 7.79. The van der Waals surface area contributed by atoms with Crippen molar-refractivity contribution in [1.29, 1.82) is 0 Å². The molecule has 1 rings (SSSR count). The van der Waals surface area contributed by atoms with Crippen LogP contribution in [-0.2, 0) is 23.8 Å². The van der Waals surface area contributed by atoms with E-state index < -0.39 is 0 Å². The van der Waals surface area contributed by atoms with E-state index in [1.807, 2.05) is 11.1 Å². The van der Waals surface area contributed by atoms with Crippen molar-refractivity contribution >= 4 is 0 Å². The van der Waals surface area contributed by atoms with E-state index in [9.17, 15) is 0 Å². The van der Waals surface area contributed by atoms with E-state index in [1.165, 1.54) is 0 Å². The maximum Gasteiger partial charge on any atom is 0.105 e. The predicted octanol–water partition coefficient (Wildman–Crippen LogP) is 1.65. The molecule has 0 aromatic rings. The number of rotatable bonds is 11. The second kappa shape index (κ2) is 10.3. The summed E-state index contributed by atoms with van der Waals surface area (Å²) in [5.41, 5.74) is 0. The first-order chi connectivity index (χ1) is 10.7. The van der Waals surface area contributed by atoms with Crippen LogP contribution in [-0.4, -0.2) is 77.1 Å². The summed E-state index contributed by atoms with van der Waals surface area (Å²) in [6.45, 7) is 6.98. The highest BCUT2D eigenvalue weighted by Gasteiger charge is 2.51. The standard InChI is InChI=1S/C16H31NO5/c1-7-9-12(8-2)22-17-13(10-18-3)15(20-5)16(21-6)14(17)11-19-4/h8,12-16H,2,7,9-11H2,1,3-6H3/t12?,13-,14-,15+,16+/m0/s1. The first kappa shape index (κ1) is 19.5. The van der Waals surface area contributed by atoms with Gasteiger partial charge < -0.3 is 18.9 Å². The van der Waals surface area contributed by atoms with Gasteiger partial charge in [0, 0.05) is 28.4 Å². The highest BCUT2D eigenvalue weighted by molar-refractivity contribution is 5.00. The molecule has 1 unspecified atom stereocenters. The molecule has 1 aliphatic rings. The minimum absolute atomic E-state index is 0.0446. The van der Waals surface area contributed by atoms with Crippen molar-refractivity contribution in [3.8, 4) is 0 Å². The van der Waals surface area contributed by atoms with E-state index in [-0.39, 0.29) is 30.4 Å². The molecular formula is C16H31NO5. The highest BCUT2D eigenvalue weighted by Crippen LogP contribution is 2.31. The molecule has 6 heteroatoms. The molecule has 0 aliphatic carbocycles. The molecule has 22 heavy (non-hydrogen) atoms.